The molecule has 1 heterocycles. The molecule has 2 aliphatic rings. The average molecular weight is 343 g/mol. The minimum atomic E-state index is -0.258. The highest BCUT2D eigenvalue weighted by Gasteiger charge is 2.26. The number of amides is 1. The van der Waals surface area contributed by atoms with E-state index in [1.54, 1.807) is 6.07 Å². The van der Waals surface area contributed by atoms with Crippen LogP contribution < -0.4 is 5.32 Å². The molecule has 0 atom stereocenters. The number of nitrogens with one attached hydrogen (secondary N) is 1. The summed E-state index contributed by atoms with van der Waals surface area (Å²) < 4.78 is 13.9. The van der Waals surface area contributed by atoms with Gasteiger partial charge in [-0.15, -0.1) is 0 Å². The Morgan fingerprint density at radius 2 is 1.92 bits per heavy atom. The number of carbonyl (C=O) groups is 1. The minimum Gasteiger partial charge on any atom is -0.353 e. The quantitative estimate of drug-likeness (QED) is 0.912. The second-order valence-electron chi connectivity index (χ2n) is 7.31. The summed E-state index contributed by atoms with van der Waals surface area (Å²) >= 11 is 0. The van der Waals surface area contributed by atoms with Gasteiger partial charge < -0.3 is 5.32 Å². The van der Waals surface area contributed by atoms with Gasteiger partial charge in [-0.3, -0.25) is 9.69 Å². The van der Waals surface area contributed by atoms with Crippen molar-refractivity contribution >= 4 is 5.91 Å². The van der Waals surface area contributed by atoms with Gasteiger partial charge in [0.1, 0.15) is 5.82 Å². The first-order valence-electron chi connectivity index (χ1n) is 9.37. The number of hydrogen-bond donors (Lipinski definition) is 1. The maximum absolute atomic E-state index is 13.9. The highest BCUT2D eigenvalue weighted by molar-refractivity contribution is 5.79. The molecule has 1 aromatic carbocycles. The van der Waals surface area contributed by atoms with Gasteiger partial charge >= 0.3 is 0 Å². The first-order valence-corrected chi connectivity index (χ1v) is 9.37. The van der Waals surface area contributed by atoms with E-state index in [1.165, 1.54) is 31.4 Å². The van der Waals surface area contributed by atoms with Gasteiger partial charge in [-0.1, -0.05) is 19.3 Å². The van der Waals surface area contributed by atoms with Gasteiger partial charge in [-0.25, -0.2) is 4.39 Å². The van der Waals surface area contributed by atoms with E-state index in [4.69, 9.17) is 5.26 Å². The average Bonchev–Trinajstić information content (AvgIpc) is 2.66. The predicted molar refractivity (Wildman–Crippen MR) is 94.1 cm³/mol. The standard InChI is InChI=1S/C20H26FN3O/c21-19-7-6-15(13-22)12-17(19)14-24-10-8-18(9-11-24)23-20(25)16-4-2-1-3-5-16/h6-7,12,16,18H,1-5,8-11,14H2,(H,23,25). The zero-order valence-corrected chi connectivity index (χ0v) is 14.6. The summed E-state index contributed by atoms with van der Waals surface area (Å²) in [5.41, 5.74) is 1.06. The van der Waals surface area contributed by atoms with E-state index >= 15 is 0 Å². The van der Waals surface area contributed by atoms with Gasteiger partial charge in [0, 0.05) is 37.2 Å². The Labute approximate surface area is 149 Å². The number of nitriles is 1. The molecule has 2 fully saturated rings. The largest absolute Gasteiger partial charge is 0.353 e. The minimum absolute atomic E-state index is 0.203. The Bertz CT molecular complexity index is 641. The van der Waals surface area contributed by atoms with E-state index in [9.17, 15) is 9.18 Å². The SMILES string of the molecule is N#Cc1ccc(F)c(CN2CCC(NC(=O)C3CCCCC3)CC2)c1. The van der Waals surface area contributed by atoms with E-state index in [0.29, 0.717) is 17.7 Å². The molecule has 0 bridgehead atoms. The van der Waals surface area contributed by atoms with E-state index in [2.05, 4.69) is 16.3 Å². The number of halogens is 1. The van der Waals surface area contributed by atoms with E-state index in [1.807, 2.05) is 0 Å². The van der Waals surface area contributed by atoms with Crippen LogP contribution in [0.4, 0.5) is 4.39 Å². The van der Waals surface area contributed by atoms with Crippen molar-refractivity contribution in [2.24, 2.45) is 5.92 Å². The molecule has 1 N–H and O–H groups in total. The summed E-state index contributed by atoms with van der Waals surface area (Å²) in [6.07, 6.45) is 7.45. The van der Waals surface area contributed by atoms with Crippen molar-refractivity contribution in [3.63, 3.8) is 0 Å². The molecule has 1 amide bonds. The Kier molecular flexibility index (Phi) is 6.04. The molecule has 0 radical (unpaired) electrons. The number of rotatable bonds is 4. The summed E-state index contributed by atoms with van der Waals surface area (Å²) in [5, 5.41) is 12.2. The monoisotopic (exact) mass is 343 g/mol. The van der Waals surface area contributed by atoms with E-state index in [-0.39, 0.29) is 23.7 Å². The summed E-state index contributed by atoms with van der Waals surface area (Å²) in [7, 11) is 0. The van der Waals surface area contributed by atoms with Crippen LogP contribution in [0.25, 0.3) is 0 Å². The predicted octanol–water partition coefficient (Wildman–Crippen LogP) is 3.36. The fourth-order valence-electron chi connectivity index (χ4n) is 3.93. The fraction of sp³-hybridized carbons (Fsp3) is 0.600. The number of nitrogens with zero attached hydrogens (tertiary/aromatic N) is 2. The molecular formula is C20H26FN3O. The summed E-state index contributed by atoms with van der Waals surface area (Å²) in [6, 6.07) is 6.80. The van der Waals surface area contributed by atoms with Gasteiger partial charge in [-0.2, -0.15) is 5.26 Å². The Hall–Kier alpha value is -1.93. The van der Waals surface area contributed by atoms with Crippen LogP contribution in [0.2, 0.25) is 0 Å². The normalized spacial score (nSPS) is 20.2. The molecular weight excluding hydrogens is 317 g/mol. The molecule has 1 aromatic rings. The highest BCUT2D eigenvalue weighted by Crippen LogP contribution is 2.24. The van der Waals surface area contributed by atoms with E-state index in [0.717, 1.165) is 38.8 Å². The molecule has 25 heavy (non-hydrogen) atoms. The molecule has 1 saturated carbocycles. The highest BCUT2D eigenvalue weighted by atomic mass is 19.1. The third kappa shape index (κ3) is 4.79. The smallest absolute Gasteiger partial charge is 0.223 e. The molecule has 1 saturated heterocycles. The van der Waals surface area contributed by atoms with Gasteiger partial charge in [0.25, 0.3) is 0 Å². The van der Waals surface area contributed by atoms with Gasteiger partial charge in [-0.05, 0) is 43.9 Å². The second-order valence-corrected chi connectivity index (χ2v) is 7.31. The van der Waals surface area contributed by atoms with Crippen molar-refractivity contribution in [3.05, 3.63) is 35.1 Å². The van der Waals surface area contributed by atoms with Crippen molar-refractivity contribution in [2.45, 2.75) is 57.5 Å². The molecule has 4 nitrogen and oxygen atoms in total. The topological polar surface area (TPSA) is 56.1 Å². The van der Waals surface area contributed by atoms with Crippen molar-refractivity contribution < 1.29 is 9.18 Å². The summed E-state index contributed by atoms with van der Waals surface area (Å²) in [5.74, 6) is 0.173. The lowest BCUT2D eigenvalue weighted by Crippen LogP contribution is -2.46. The van der Waals surface area contributed by atoms with Crippen molar-refractivity contribution in [2.75, 3.05) is 13.1 Å². The maximum Gasteiger partial charge on any atom is 0.223 e. The van der Waals surface area contributed by atoms with Crippen LogP contribution in [0, 0.1) is 23.1 Å². The van der Waals surface area contributed by atoms with Crippen LogP contribution >= 0.6 is 0 Å². The van der Waals surface area contributed by atoms with Crippen LogP contribution in [0.1, 0.15) is 56.1 Å². The van der Waals surface area contributed by atoms with Crippen molar-refractivity contribution in [3.8, 4) is 6.07 Å². The third-order valence-corrected chi connectivity index (χ3v) is 5.48. The number of likely N-dealkylation sites (tertiary alicyclic amines) is 1. The van der Waals surface area contributed by atoms with Crippen LogP contribution in [-0.4, -0.2) is 29.9 Å². The third-order valence-electron chi connectivity index (χ3n) is 5.48. The lowest BCUT2D eigenvalue weighted by Gasteiger charge is -2.33. The Morgan fingerprint density at radius 1 is 1.20 bits per heavy atom. The number of benzene rings is 1. The van der Waals surface area contributed by atoms with Crippen LogP contribution in [0.5, 0.6) is 0 Å². The van der Waals surface area contributed by atoms with Gasteiger partial charge in [0.05, 0.1) is 11.6 Å². The van der Waals surface area contributed by atoms with Gasteiger partial charge in [0.2, 0.25) is 5.91 Å². The fourth-order valence-corrected chi connectivity index (χ4v) is 3.93. The van der Waals surface area contributed by atoms with Gasteiger partial charge in [0.15, 0.2) is 0 Å². The zero-order chi connectivity index (χ0) is 17.6. The Balaban J connectivity index is 1.47. The first kappa shape index (κ1) is 17.9. The molecule has 1 aliphatic heterocycles. The molecule has 134 valence electrons. The number of carbonyl (C=O) groups excluding carboxylic acids is 1. The van der Waals surface area contributed by atoms with Crippen molar-refractivity contribution in [1.29, 1.82) is 5.26 Å². The molecule has 0 spiro atoms. The van der Waals surface area contributed by atoms with Crippen LogP contribution in [0.15, 0.2) is 18.2 Å². The molecule has 0 unspecified atom stereocenters. The first-order chi connectivity index (χ1) is 12.2. The molecule has 3 rings (SSSR count). The molecule has 5 heteroatoms. The number of piperidine rings is 1. The van der Waals surface area contributed by atoms with E-state index < -0.39 is 0 Å². The summed E-state index contributed by atoms with van der Waals surface area (Å²) in [4.78, 5) is 14.5. The zero-order valence-electron chi connectivity index (χ0n) is 14.6. The van der Waals surface area contributed by atoms with Crippen LogP contribution in [0.3, 0.4) is 0 Å². The van der Waals surface area contributed by atoms with Crippen molar-refractivity contribution in [1.82, 2.24) is 10.2 Å². The lowest BCUT2D eigenvalue weighted by molar-refractivity contribution is -0.127. The van der Waals surface area contributed by atoms with Crippen LogP contribution in [-0.2, 0) is 11.3 Å². The molecule has 1 aliphatic carbocycles. The number of hydrogen-bond acceptors (Lipinski definition) is 3. The summed E-state index contributed by atoms with van der Waals surface area (Å²) in [6.45, 7) is 2.20. The Morgan fingerprint density at radius 3 is 2.60 bits per heavy atom. The maximum atomic E-state index is 13.9. The molecule has 0 aromatic heterocycles. The second kappa shape index (κ2) is 8.44. The lowest BCUT2D eigenvalue weighted by atomic mass is 9.88.